The molecule has 15 heavy (non-hydrogen) atoms. The molecule has 0 saturated heterocycles. The highest BCUT2D eigenvalue weighted by Gasteiger charge is 2.26. The molecule has 3 nitrogen and oxygen atoms in total. The van der Waals surface area contributed by atoms with Crippen molar-refractivity contribution in [2.45, 2.75) is 6.92 Å². The van der Waals surface area contributed by atoms with E-state index < -0.39 is 11.2 Å². The van der Waals surface area contributed by atoms with Crippen LogP contribution in [-0.4, -0.2) is 11.2 Å². The molecule has 0 bridgehead atoms. The lowest BCUT2D eigenvalue weighted by Gasteiger charge is -1.97. The summed E-state index contributed by atoms with van der Waals surface area (Å²) >= 11 is 5.32. The number of fused-ring (bicyclic) bond motifs is 1. The standard InChI is InChI=1S/C11H7ClO3/c1-2-9-7-4-3-6(10(12)13)5-8(7)11(14)15-9/h2-5H,1H3/b9-2+. The molecule has 0 aliphatic carbocycles. The third kappa shape index (κ3) is 1.55. The quantitative estimate of drug-likeness (QED) is 0.542. The van der Waals surface area contributed by atoms with Crippen LogP contribution < -0.4 is 0 Å². The van der Waals surface area contributed by atoms with E-state index in [2.05, 4.69) is 0 Å². The van der Waals surface area contributed by atoms with Crippen LogP contribution in [0.1, 0.15) is 33.2 Å². The van der Waals surface area contributed by atoms with Crippen LogP contribution in [0.2, 0.25) is 0 Å². The SMILES string of the molecule is C/C=C1/OC(=O)c2cc(C(=O)Cl)ccc21. The van der Waals surface area contributed by atoms with Crippen LogP contribution in [0, 0.1) is 0 Å². The Morgan fingerprint density at radius 2 is 2.13 bits per heavy atom. The van der Waals surface area contributed by atoms with E-state index in [1.54, 1.807) is 25.1 Å². The number of hydrogen-bond donors (Lipinski definition) is 0. The van der Waals surface area contributed by atoms with Gasteiger partial charge in [-0.15, -0.1) is 0 Å². The number of rotatable bonds is 1. The Kier molecular flexibility index (Phi) is 2.32. The molecule has 0 aromatic heterocycles. The van der Waals surface area contributed by atoms with Gasteiger partial charge < -0.3 is 4.74 Å². The summed E-state index contributed by atoms with van der Waals surface area (Å²) in [6, 6.07) is 4.67. The maximum atomic E-state index is 11.4. The zero-order valence-corrected chi connectivity index (χ0v) is 8.67. The number of esters is 1. The van der Waals surface area contributed by atoms with Gasteiger partial charge in [-0.05, 0) is 42.8 Å². The molecule has 76 valence electrons. The molecular weight excluding hydrogens is 216 g/mol. The number of hydrogen-bond acceptors (Lipinski definition) is 3. The zero-order valence-electron chi connectivity index (χ0n) is 7.91. The Morgan fingerprint density at radius 1 is 1.40 bits per heavy atom. The van der Waals surface area contributed by atoms with E-state index in [4.69, 9.17) is 16.3 Å². The summed E-state index contributed by atoms with van der Waals surface area (Å²) in [7, 11) is 0. The normalized spacial score (nSPS) is 16.4. The van der Waals surface area contributed by atoms with Crippen molar-refractivity contribution in [3.63, 3.8) is 0 Å². The fraction of sp³-hybridized carbons (Fsp3) is 0.0909. The van der Waals surface area contributed by atoms with Gasteiger partial charge in [0.25, 0.3) is 5.24 Å². The summed E-state index contributed by atoms with van der Waals surface area (Å²) in [5.74, 6) is 0.0708. The maximum absolute atomic E-state index is 11.4. The van der Waals surface area contributed by atoms with Crippen LogP contribution in [0.5, 0.6) is 0 Å². The van der Waals surface area contributed by atoms with Crippen molar-refractivity contribution in [3.8, 4) is 0 Å². The van der Waals surface area contributed by atoms with Crippen molar-refractivity contribution >= 4 is 28.6 Å². The summed E-state index contributed by atoms with van der Waals surface area (Å²) in [4.78, 5) is 22.3. The number of halogens is 1. The monoisotopic (exact) mass is 222 g/mol. The summed E-state index contributed by atoms with van der Waals surface area (Å²) < 4.78 is 4.98. The number of carbonyl (C=O) groups is 2. The van der Waals surface area contributed by atoms with Crippen LogP contribution in [0.15, 0.2) is 24.3 Å². The van der Waals surface area contributed by atoms with Crippen LogP contribution >= 0.6 is 11.6 Å². The second-order valence-corrected chi connectivity index (χ2v) is 3.42. The van der Waals surface area contributed by atoms with Crippen LogP contribution in [0.25, 0.3) is 5.76 Å². The average Bonchev–Trinajstić information content (AvgIpc) is 2.55. The van der Waals surface area contributed by atoms with Crippen molar-refractivity contribution < 1.29 is 14.3 Å². The topological polar surface area (TPSA) is 43.4 Å². The smallest absolute Gasteiger partial charge is 0.344 e. The summed E-state index contributed by atoms with van der Waals surface area (Å²) in [6.07, 6.45) is 1.70. The van der Waals surface area contributed by atoms with Crippen LogP contribution in [-0.2, 0) is 4.74 Å². The Balaban J connectivity index is 2.60. The first kappa shape index (κ1) is 9.93. The van der Waals surface area contributed by atoms with Crippen molar-refractivity contribution in [3.05, 3.63) is 41.0 Å². The minimum absolute atomic E-state index is 0.296. The lowest BCUT2D eigenvalue weighted by molar-refractivity contribution is 0.0715. The van der Waals surface area contributed by atoms with E-state index in [-0.39, 0.29) is 0 Å². The molecule has 1 heterocycles. The number of carbonyl (C=O) groups excluding carboxylic acids is 2. The largest absolute Gasteiger partial charge is 0.423 e. The molecule has 0 spiro atoms. The second kappa shape index (κ2) is 3.51. The van der Waals surface area contributed by atoms with Gasteiger partial charge in [-0.2, -0.15) is 0 Å². The van der Waals surface area contributed by atoms with Gasteiger partial charge in [0.15, 0.2) is 0 Å². The highest BCUT2D eigenvalue weighted by atomic mass is 35.5. The number of cyclic esters (lactones) is 1. The molecule has 1 aromatic carbocycles. The Labute approximate surface area is 91.3 Å². The predicted molar refractivity (Wildman–Crippen MR) is 55.7 cm³/mol. The highest BCUT2D eigenvalue weighted by molar-refractivity contribution is 6.67. The minimum atomic E-state index is -0.584. The minimum Gasteiger partial charge on any atom is -0.423 e. The third-order valence-electron chi connectivity index (χ3n) is 2.20. The predicted octanol–water partition coefficient (Wildman–Crippen LogP) is 2.60. The third-order valence-corrected chi connectivity index (χ3v) is 2.41. The molecule has 1 aromatic rings. The first-order valence-corrected chi connectivity index (χ1v) is 4.74. The van der Waals surface area contributed by atoms with E-state index in [9.17, 15) is 9.59 Å². The molecule has 0 radical (unpaired) electrons. The van der Waals surface area contributed by atoms with Gasteiger partial charge in [0.2, 0.25) is 0 Å². The molecule has 1 aliphatic rings. The van der Waals surface area contributed by atoms with Gasteiger partial charge >= 0.3 is 5.97 Å². The van der Waals surface area contributed by atoms with E-state index in [1.807, 2.05) is 0 Å². The molecule has 0 atom stereocenters. The molecule has 2 rings (SSSR count). The van der Waals surface area contributed by atoms with Gasteiger partial charge in [-0.25, -0.2) is 4.79 Å². The van der Waals surface area contributed by atoms with Crippen molar-refractivity contribution in [1.82, 2.24) is 0 Å². The van der Waals surface area contributed by atoms with Gasteiger partial charge in [-0.1, -0.05) is 0 Å². The Morgan fingerprint density at radius 3 is 2.73 bits per heavy atom. The molecule has 4 heteroatoms. The zero-order chi connectivity index (χ0) is 11.0. The van der Waals surface area contributed by atoms with Crippen molar-refractivity contribution in [2.75, 3.05) is 0 Å². The molecule has 0 saturated carbocycles. The summed E-state index contributed by atoms with van der Waals surface area (Å²) in [5.41, 5.74) is 1.38. The Bertz CT molecular complexity index is 489. The van der Waals surface area contributed by atoms with Gasteiger partial charge in [0.05, 0.1) is 5.56 Å². The first-order valence-electron chi connectivity index (χ1n) is 4.36. The van der Waals surface area contributed by atoms with Crippen LogP contribution in [0.4, 0.5) is 0 Å². The number of benzene rings is 1. The molecule has 1 aliphatic heterocycles. The van der Waals surface area contributed by atoms with E-state index in [1.165, 1.54) is 6.07 Å². The summed E-state index contributed by atoms with van der Waals surface area (Å²) in [6.45, 7) is 1.78. The number of ether oxygens (including phenoxy) is 1. The molecule has 0 fully saturated rings. The molecule has 0 amide bonds. The van der Waals surface area contributed by atoms with Crippen molar-refractivity contribution in [1.29, 1.82) is 0 Å². The molecule has 0 N–H and O–H groups in total. The Hall–Kier alpha value is -1.61. The lowest BCUT2D eigenvalue weighted by Crippen LogP contribution is -1.96. The van der Waals surface area contributed by atoms with E-state index in [0.29, 0.717) is 22.4 Å². The lowest BCUT2D eigenvalue weighted by atomic mass is 10.0. The molecular formula is C11H7ClO3. The number of allylic oxidation sites excluding steroid dienone is 1. The second-order valence-electron chi connectivity index (χ2n) is 3.08. The fourth-order valence-corrected chi connectivity index (χ4v) is 1.59. The first-order chi connectivity index (χ1) is 7.13. The maximum Gasteiger partial charge on any atom is 0.344 e. The van der Waals surface area contributed by atoms with E-state index >= 15 is 0 Å². The van der Waals surface area contributed by atoms with E-state index in [0.717, 1.165) is 0 Å². The van der Waals surface area contributed by atoms with Gasteiger partial charge in [0.1, 0.15) is 5.76 Å². The highest BCUT2D eigenvalue weighted by Crippen LogP contribution is 2.30. The summed E-state index contributed by atoms with van der Waals surface area (Å²) in [5, 5.41) is -0.584. The van der Waals surface area contributed by atoms with Crippen molar-refractivity contribution in [2.24, 2.45) is 0 Å². The van der Waals surface area contributed by atoms with Gasteiger partial charge in [-0.3, -0.25) is 4.79 Å². The van der Waals surface area contributed by atoms with Gasteiger partial charge in [0, 0.05) is 11.1 Å². The average molecular weight is 223 g/mol. The fourth-order valence-electron chi connectivity index (χ4n) is 1.47. The molecule has 0 unspecified atom stereocenters. The van der Waals surface area contributed by atoms with Crippen LogP contribution in [0.3, 0.4) is 0 Å².